The normalized spacial score (nSPS) is 27.5. The van der Waals surface area contributed by atoms with Crippen LogP contribution in [0.15, 0.2) is 36.4 Å². The van der Waals surface area contributed by atoms with Gasteiger partial charge >= 0.3 is 0 Å². The number of carbonyl (C=O) groups is 2. The van der Waals surface area contributed by atoms with Gasteiger partial charge in [-0.1, -0.05) is 24.3 Å². The fourth-order valence-corrected chi connectivity index (χ4v) is 3.80. The zero-order valence-corrected chi connectivity index (χ0v) is 16.7. The summed E-state index contributed by atoms with van der Waals surface area (Å²) in [4.78, 5) is 28.0. The Hall–Kier alpha value is -2.38. The molecule has 7 nitrogen and oxygen atoms in total. The molecular weight excluding hydrogens is 370 g/mol. The maximum Gasteiger partial charge on any atom is 0.257 e. The van der Waals surface area contributed by atoms with E-state index in [1.807, 2.05) is 41.3 Å². The first kappa shape index (κ1) is 19.9. The topological polar surface area (TPSA) is 79.9 Å². The van der Waals surface area contributed by atoms with E-state index < -0.39 is 5.60 Å². The molecule has 0 aromatic heterocycles. The van der Waals surface area contributed by atoms with Gasteiger partial charge in [-0.2, -0.15) is 0 Å². The molecule has 4 rings (SSSR count). The molecule has 2 heterocycles. The largest absolute Gasteiger partial charge is 0.489 e. The van der Waals surface area contributed by atoms with E-state index in [1.54, 1.807) is 0 Å². The molecule has 1 aliphatic carbocycles. The van der Waals surface area contributed by atoms with E-state index >= 15 is 0 Å². The van der Waals surface area contributed by atoms with Gasteiger partial charge in [0, 0.05) is 39.1 Å². The summed E-state index contributed by atoms with van der Waals surface area (Å²) in [6, 6.07) is 7.37. The molecule has 2 N–H and O–H groups in total. The predicted octanol–water partition coefficient (Wildman–Crippen LogP) is 1.35. The van der Waals surface area contributed by atoms with Crippen molar-refractivity contribution >= 4 is 11.8 Å². The Morgan fingerprint density at radius 3 is 2.79 bits per heavy atom. The molecule has 2 amide bonds. The summed E-state index contributed by atoms with van der Waals surface area (Å²) >= 11 is 0. The number of nitrogens with zero attached hydrogens (tertiary/aromatic N) is 1. The fourth-order valence-electron chi connectivity index (χ4n) is 3.80. The molecule has 1 atom stereocenters. The van der Waals surface area contributed by atoms with Crippen molar-refractivity contribution in [2.24, 2.45) is 5.92 Å². The molecule has 1 saturated carbocycles. The second-order valence-electron chi connectivity index (χ2n) is 7.95. The highest BCUT2D eigenvalue weighted by Crippen LogP contribution is 2.31. The van der Waals surface area contributed by atoms with Gasteiger partial charge in [-0.25, -0.2) is 0 Å². The number of rotatable bonds is 2. The highest BCUT2D eigenvalue weighted by Gasteiger charge is 2.40. The number of ether oxygens (including phenoxy) is 2. The van der Waals surface area contributed by atoms with Crippen LogP contribution in [0.2, 0.25) is 0 Å². The number of carbonyl (C=O) groups excluding carboxylic acids is 2. The minimum Gasteiger partial charge on any atom is -0.489 e. The minimum atomic E-state index is -0.915. The van der Waals surface area contributed by atoms with Crippen LogP contribution < -0.4 is 15.4 Å². The molecule has 2 fully saturated rings. The molecule has 29 heavy (non-hydrogen) atoms. The lowest BCUT2D eigenvalue weighted by atomic mass is 9.96. The quantitative estimate of drug-likeness (QED) is 0.734. The van der Waals surface area contributed by atoms with E-state index in [0.29, 0.717) is 63.0 Å². The molecule has 1 spiro atoms. The zero-order valence-electron chi connectivity index (χ0n) is 16.7. The smallest absolute Gasteiger partial charge is 0.257 e. The number of para-hydroxylation sites is 1. The maximum atomic E-state index is 13.2. The number of benzene rings is 1. The van der Waals surface area contributed by atoms with Crippen molar-refractivity contribution < 1.29 is 19.1 Å². The van der Waals surface area contributed by atoms with Crippen LogP contribution in [-0.2, 0) is 9.53 Å². The third-order valence-electron chi connectivity index (χ3n) is 5.68. The van der Waals surface area contributed by atoms with Crippen LogP contribution >= 0.6 is 0 Å². The molecular formula is C22H29N3O4. The Labute approximate surface area is 171 Å². The Balaban J connectivity index is 1.57. The van der Waals surface area contributed by atoms with Crippen LogP contribution in [0.3, 0.4) is 0 Å². The molecule has 2 aliphatic heterocycles. The highest BCUT2D eigenvalue weighted by atomic mass is 16.5. The van der Waals surface area contributed by atoms with Crippen molar-refractivity contribution in [1.29, 1.82) is 0 Å². The first-order chi connectivity index (χ1) is 14.2. The van der Waals surface area contributed by atoms with Crippen LogP contribution in [0, 0.1) is 5.92 Å². The standard InChI is InChI=1S/C22H29N3O4/c26-20-18-5-1-2-6-19(18)28-13-4-3-9-22(16-23-11-14-29-22)21(27)24-10-12-25(20)15-17-7-8-17/h1-6,17,23H,7-16H2,(H,24,27)/b4-3-. The van der Waals surface area contributed by atoms with Gasteiger partial charge in [0.15, 0.2) is 5.60 Å². The van der Waals surface area contributed by atoms with E-state index in [4.69, 9.17) is 9.47 Å². The van der Waals surface area contributed by atoms with Crippen LogP contribution in [0.25, 0.3) is 0 Å². The average Bonchev–Trinajstić information content (AvgIpc) is 3.57. The lowest BCUT2D eigenvalue weighted by Crippen LogP contribution is -2.59. The molecule has 156 valence electrons. The van der Waals surface area contributed by atoms with Crippen LogP contribution in [0.5, 0.6) is 5.75 Å². The zero-order chi connectivity index (χ0) is 20.1. The molecule has 1 saturated heterocycles. The minimum absolute atomic E-state index is 0.0481. The highest BCUT2D eigenvalue weighted by molar-refractivity contribution is 5.97. The van der Waals surface area contributed by atoms with Gasteiger partial charge in [-0.15, -0.1) is 0 Å². The molecule has 1 unspecified atom stereocenters. The maximum absolute atomic E-state index is 13.2. The summed E-state index contributed by atoms with van der Waals surface area (Å²) in [7, 11) is 0. The lowest BCUT2D eigenvalue weighted by molar-refractivity contribution is -0.150. The first-order valence-corrected chi connectivity index (χ1v) is 10.5. The molecule has 3 aliphatic rings. The van der Waals surface area contributed by atoms with Crippen LogP contribution in [0.1, 0.15) is 29.6 Å². The van der Waals surface area contributed by atoms with Crippen LogP contribution in [0.4, 0.5) is 0 Å². The van der Waals surface area contributed by atoms with Gasteiger partial charge in [-0.3, -0.25) is 9.59 Å². The van der Waals surface area contributed by atoms with Crippen molar-refractivity contribution in [2.75, 3.05) is 45.9 Å². The predicted molar refractivity (Wildman–Crippen MR) is 109 cm³/mol. The Bertz CT molecular complexity index is 769. The van der Waals surface area contributed by atoms with Gasteiger partial charge in [0.2, 0.25) is 0 Å². The molecule has 1 aromatic carbocycles. The van der Waals surface area contributed by atoms with Crippen molar-refractivity contribution in [3.63, 3.8) is 0 Å². The lowest BCUT2D eigenvalue weighted by Gasteiger charge is -2.36. The Morgan fingerprint density at radius 2 is 2.00 bits per heavy atom. The van der Waals surface area contributed by atoms with Crippen molar-refractivity contribution in [3.8, 4) is 5.75 Å². The van der Waals surface area contributed by atoms with Crippen molar-refractivity contribution in [3.05, 3.63) is 42.0 Å². The molecule has 7 heteroatoms. The first-order valence-electron chi connectivity index (χ1n) is 10.5. The Kier molecular flexibility index (Phi) is 6.16. The van der Waals surface area contributed by atoms with Crippen LogP contribution in [-0.4, -0.2) is 68.3 Å². The number of hydrogen-bond acceptors (Lipinski definition) is 5. The average molecular weight is 399 g/mol. The van der Waals surface area contributed by atoms with Crippen molar-refractivity contribution in [1.82, 2.24) is 15.5 Å². The van der Waals surface area contributed by atoms with Gasteiger partial charge in [-0.05, 0) is 30.9 Å². The number of amides is 2. The monoisotopic (exact) mass is 399 g/mol. The number of hydrogen-bond donors (Lipinski definition) is 2. The third-order valence-corrected chi connectivity index (χ3v) is 5.68. The number of morpholine rings is 1. The SMILES string of the molecule is O=C1c2ccccc2OC/C=C\CC2(CNCCO2)C(=O)NCCN1CC1CC1. The van der Waals surface area contributed by atoms with E-state index in [1.165, 1.54) is 0 Å². The van der Waals surface area contributed by atoms with Gasteiger partial charge in [0.25, 0.3) is 11.8 Å². The van der Waals surface area contributed by atoms with Gasteiger partial charge in [0.1, 0.15) is 12.4 Å². The number of fused-ring (bicyclic) bond motifs is 1. The number of nitrogens with one attached hydrogen (secondary N) is 2. The summed E-state index contributed by atoms with van der Waals surface area (Å²) in [5, 5.41) is 6.26. The summed E-state index contributed by atoms with van der Waals surface area (Å²) in [6.45, 7) is 3.62. The van der Waals surface area contributed by atoms with Gasteiger partial charge in [0.05, 0.1) is 12.2 Å². The van der Waals surface area contributed by atoms with E-state index in [9.17, 15) is 9.59 Å². The Morgan fingerprint density at radius 1 is 1.14 bits per heavy atom. The molecule has 0 radical (unpaired) electrons. The third kappa shape index (κ3) is 4.79. The van der Waals surface area contributed by atoms with Crippen molar-refractivity contribution in [2.45, 2.75) is 24.9 Å². The second-order valence-corrected chi connectivity index (χ2v) is 7.95. The van der Waals surface area contributed by atoms with Gasteiger partial charge < -0.3 is 25.0 Å². The van der Waals surface area contributed by atoms with E-state index in [0.717, 1.165) is 19.4 Å². The summed E-state index contributed by atoms with van der Waals surface area (Å²) in [6.07, 6.45) is 6.58. The summed E-state index contributed by atoms with van der Waals surface area (Å²) < 4.78 is 11.8. The van der Waals surface area contributed by atoms with E-state index in [2.05, 4.69) is 10.6 Å². The molecule has 1 aromatic rings. The fraction of sp³-hybridized carbons (Fsp3) is 0.545. The molecule has 0 bridgehead atoms. The summed E-state index contributed by atoms with van der Waals surface area (Å²) in [5.74, 6) is 0.968. The van der Waals surface area contributed by atoms with E-state index in [-0.39, 0.29) is 11.8 Å². The second kappa shape index (κ2) is 8.97. The summed E-state index contributed by atoms with van der Waals surface area (Å²) in [5.41, 5.74) is -0.344.